The Bertz CT molecular complexity index is 578. The predicted molar refractivity (Wildman–Crippen MR) is 68.5 cm³/mol. The molecule has 0 aliphatic heterocycles. The van der Waals surface area contributed by atoms with Crippen molar-refractivity contribution in [3.8, 4) is 0 Å². The zero-order valence-electron chi connectivity index (χ0n) is 10.7. The Balaban J connectivity index is 2.26. The van der Waals surface area contributed by atoms with Crippen LogP contribution in [0.4, 0.5) is 0 Å². The number of aromatic nitrogens is 4. The summed E-state index contributed by atoms with van der Waals surface area (Å²) in [6.45, 7) is 2.76. The molecular formula is C11H14N4O3S. The van der Waals surface area contributed by atoms with Crippen molar-refractivity contribution in [1.29, 1.82) is 0 Å². The van der Waals surface area contributed by atoms with Crippen LogP contribution < -0.4 is 0 Å². The van der Waals surface area contributed by atoms with Gasteiger partial charge in [0.15, 0.2) is 5.69 Å². The molecule has 7 nitrogen and oxygen atoms in total. The van der Waals surface area contributed by atoms with E-state index in [0.29, 0.717) is 25.3 Å². The summed E-state index contributed by atoms with van der Waals surface area (Å²) in [5.41, 5.74) is 1.48. The lowest BCUT2D eigenvalue weighted by molar-refractivity contribution is 0.0688. The Hall–Kier alpha value is -1.80. The molecule has 0 aromatic carbocycles. The molecule has 0 radical (unpaired) electrons. The third-order valence-corrected chi connectivity index (χ3v) is 3.49. The fraction of sp³-hybridized carbons (Fsp3) is 0.455. The van der Waals surface area contributed by atoms with E-state index in [-0.39, 0.29) is 5.69 Å². The van der Waals surface area contributed by atoms with Crippen LogP contribution in [0.5, 0.6) is 0 Å². The Kier molecular flexibility index (Phi) is 4.23. The van der Waals surface area contributed by atoms with Gasteiger partial charge in [0.2, 0.25) is 0 Å². The zero-order chi connectivity index (χ0) is 13.8. The zero-order valence-corrected chi connectivity index (χ0v) is 11.5. The maximum absolute atomic E-state index is 11.1. The van der Waals surface area contributed by atoms with E-state index in [1.165, 1.54) is 11.3 Å². The summed E-state index contributed by atoms with van der Waals surface area (Å²) in [6.07, 6.45) is 0.454. The molecule has 1 N–H and O–H groups in total. The van der Waals surface area contributed by atoms with Crippen LogP contribution >= 0.6 is 11.3 Å². The second-order valence-electron chi connectivity index (χ2n) is 3.97. The van der Waals surface area contributed by atoms with Crippen molar-refractivity contribution in [2.24, 2.45) is 0 Å². The molecule has 0 atom stereocenters. The molecule has 0 aliphatic rings. The highest BCUT2D eigenvalue weighted by Crippen LogP contribution is 2.13. The number of aromatic carboxylic acids is 1. The number of nitrogens with zero attached hydrogens (tertiary/aromatic N) is 4. The van der Waals surface area contributed by atoms with Gasteiger partial charge in [-0.25, -0.2) is 14.5 Å². The van der Waals surface area contributed by atoms with E-state index in [1.54, 1.807) is 11.8 Å². The molecule has 8 heteroatoms. The molecule has 2 aromatic heterocycles. The second-order valence-corrected chi connectivity index (χ2v) is 4.92. The summed E-state index contributed by atoms with van der Waals surface area (Å²) in [5.74, 6) is -1.08. The fourth-order valence-corrected chi connectivity index (χ4v) is 2.43. The number of carboxylic acids is 1. The number of hydrogen-bond acceptors (Lipinski definition) is 6. The van der Waals surface area contributed by atoms with Crippen molar-refractivity contribution < 1.29 is 14.6 Å². The minimum atomic E-state index is -1.08. The van der Waals surface area contributed by atoms with E-state index in [2.05, 4.69) is 15.3 Å². The molecule has 2 rings (SSSR count). The quantitative estimate of drug-likeness (QED) is 0.849. The monoisotopic (exact) mass is 282 g/mol. The first-order valence-electron chi connectivity index (χ1n) is 5.67. The molecule has 2 aromatic rings. The highest BCUT2D eigenvalue weighted by atomic mass is 32.1. The summed E-state index contributed by atoms with van der Waals surface area (Å²) in [4.78, 5) is 15.4. The van der Waals surface area contributed by atoms with E-state index in [0.717, 1.165) is 10.7 Å². The van der Waals surface area contributed by atoms with Gasteiger partial charge < -0.3 is 9.84 Å². The molecule has 0 bridgehead atoms. The minimum absolute atomic E-state index is 0.0228. The van der Waals surface area contributed by atoms with Crippen LogP contribution in [0, 0.1) is 6.92 Å². The molecule has 102 valence electrons. The normalized spacial score (nSPS) is 10.8. The molecule has 0 fully saturated rings. The number of rotatable bonds is 6. The number of aryl methyl sites for hydroxylation is 1. The molecule has 0 aliphatic carbocycles. The van der Waals surface area contributed by atoms with Gasteiger partial charge in [-0.15, -0.1) is 16.4 Å². The Labute approximate surface area is 113 Å². The second kappa shape index (κ2) is 5.89. The first-order valence-corrected chi connectivity index (χ1v) is 6.55. The highest BCUT2D eigenvalue weighted by molar-refractivity contribution is 7.09. The van der Waals surface area contributed by atoms with Gasteiger partial charge in [-0.3, -0.25) is 0 Å². The van der Waals surface area contributed by atoms with Crippen molar-refractivity contribution in [3.63, 3.8) is 0 Å². The summed E-state index contributed by atoms with van der Waals surface area (Å²) in [5, 5.41) is 19.5. The summed E-state index contributed by atoms with van der Waals surface area (Å²) < 4.78 is 6.55. The maximum atomic E-state index is 11.1. The Morgan fingerprint density at radius 3 is 2.95 bits per heavy atom. The SMILES string of the molecule is COCCc1c(C(=O)O)nnn1Cc1nc(C)cs1. The molecule has 0 saturated carbocycles. The number of ether oxygens (including phenoxy) is 1. The standard InChI is InChI=1S/C11H14N4O3S/c1-7-6-19-9(12-7)5-15-8(3-4-18-2)10(11(16)17)13-14-15/h6H,3-5H2,1-2H3,(H,16,17). The average Bonchev–Trinajstić information content (AvgIpc) is 2.94. The molecular weight excluding hydrogens is 268 g/mol. The number of hydrogen-bond donors (Lipinski definition) is 1. The van der Waals surface area contributed by atoms with Crippen LogP contribution in [0.3, 0.4) is 0 Å². The largest absolute Gasteiger partial charge is 0.476 e. The topological polar surface area (TPSA) is 90.1 Å². The van der Waals surface area contributed by atoms with E-state index >= 15 is 0 Å². The lowest BCUT2D eigenvalue weighted by Crippen LogP contribution is -2.11. The fourth-order valence-electron chi connectivity index (χ4n) is 1.68. The van der Waals surface area contributed by atoms with Crippen LogP contribution in [0.15, 0.2) is 5.38 Å². The van der Waals surface area contributed by atoms with E-state index in [1.807, 2.05) is 12.3 Å². The van der Waals surface area contributed by atoms with Gasteiger partial charge in [-0.1, -0.05) is 5.21 Å². The lowest BCUT2D eigenvalue weighted by Gasteiger charge is -2.04. The third kappa shape index (κ3) is 3.15. The van der Waals surface area contributed by atoms with Crippen molar-refractivity contribution >= 4 is 17.3 Å². The molecule has 0 amide bonds. The van der Waals surface area contributed by atoms with Crippen LogP contribution in [-0.2, 0) is 17.7 Å². The maximum Gasteiger partial charge on any atom is 0.358 e. The smallest absolute Gasteiger partial charge is 0.358 e. The number of methoxy groups -OCH3 is 1. The van der Waals surface area contributed by atoms with Gasteiger partial charge in [0, 0.05) is 24.6 Å². The molecule has 0 spiro atoms. The van der Waals surface area contributed by atoms with E-state index < -0.39 is 5.97 Å². The summed E-state index contributed by atoms with van der Waals surface area (Å²) in [6, 6.07) is 0. The van der Waals surface area contributed by atoms with Crippen LogP contribution in [0.25, 0.3) is 0 Å². The summed E-state index contributed by atoms with van der Waals surface area (Å²) in [7, 11) is 1.57. The Morgan fingerprint density at radius 2 is 2.37 bits per heavy atom. The van der Waals surface area contributed by atoms with Crippen molar-refractivity contribution in [3.05, 3.63) is 27.5 Å². The van der Waals surface area contributed by atoms with Gasteiger partial charge in [0.1, 0.15) is 5.01 Å². The molecule has 0 unspecified atom stereocenters. The Morgan fingerprint density at radius 1 is 1.58 bits per heavy atom. The lowest BCUT2D eigenvalue weighted by atomic mass is 10.2. The van der Waals surface area contributed by atoms with Gasteiger partial charge in [-0.2, -0.15) is 0 Å². The highest BCUT2D eigenvalue weighted by Gasteiger charge is 2.19. The van der Waals surface area contributed by atoms with Crippen molar-refractivity contribution in [2.75, 3.05) is 13.7 Å². The number of carboxylic acid groups (broad SMARTS) is 1. The van der Waals surface area contributed by atoms with Crippen LogP contribution in [0.2, 0.25) is 0 Å². The number of carbonyl (C=O) groups is 1. The van der Waals surface area contributed by atoms with Gasteiger partial charge in [0.05, 0.1) is 18.8 Å². The van der Waals surface area contributed by atoms with Gasteiger partial charge in [0.25, 0.3) is 0 Å². The number of thiazole rings is 1. The van der Waals surface area contributed by atoms with Crippen molar-refractivity contribution in [1.82, 2.24) is 20.0 Å². The first kappa shape index (κ1) is 13.6. The van der Waals surface area contributed by atoms with Crippen LogP contribution in [0.1, 0.15) is 26.9 Å². The minimum Gasteiger partial charge on any atom is -0.476 e. The molecule has 2 heterocycles. The van der Waals surface area contributed by atoms with Gasteiger partial charge >= 0.3 is 5.97 Å². The van der Waals surface area contributed by atoms with Crippen LogP contribution in [-0.4, -0.2) is 44.8 Å². The van der Waals surface area contributed by atoms with Crippen molar-refractivity contribution in [2.45, 2.75) is 19.9 Å². The predicted octanol–water partition coefficient (Wildman–Crippen LogP) is 0.978. The first-order chi connectivity index (χ1) is 9.11. The summed E-state index contributed by atoms with van der Waals surface area (Å²) >= 11 is 1.52. The third-order valence-electron chi connectivity index (χ3n) is 2.53. The average molecular weight is 282 g/mol. The molecule has 19 heavy (non-hydrogen) atoms. The van der Waals surface area contributed by atoms with Gasteiger partial charge in [-0.05, 0) is 6.92 Å². The molecule has 0 saturated heterocycles. The van der Waals surface area contributed by atoms with E-state index in [4.69, 9.17) is 9.84 Å². The van der Waals surface area contributed by atoms with E-state index in [9.17, 15) is 4.79 Å².